The van der Waals surface area contributed by atoms with Crippen LogP contribution in [0.5, 0.6) is 0 Å². The minimum absolute atomic E-state index is 0.0787. The van der Waals surface area contributed by atoms with E-state index in [1.807, 2.05) is 32.0 Å². The molecular weight excluding hydrogens is 230 g/mol. The van der Waals surface area contributed by atoms with E-state index in [1.54, 1.807) is 11.9 Å². The molecule has 0 aliphatic carbocycles. The number of carbonyl (C=O) groups excluding carboxylic acids is 1. The number of hydrogen-bond donors (Lipinski definition) is 1. The van der Waals surface area contributed by atoms with Crippen molar-refractivity contribution in [3.05, 3.63) is 29.3 Å². The number of nitrogens with zero attached hydrogens (tertiary/aromatic N) is 1. The molecule has 1 fully saturated rings. The van der Waals surface area contributed by atoms with Crippen molar-refractivity contribution in [2.75, 3.05) is 31.8 Å². The molecule has 2 rings (SSSR count). The maximum Gasteiger partial charge on any atom is 0.239 e. The molecule has 0 spiro atoms. The molecular formula is C14H19NO3. The van der Waals surface area contributed by atoms with Gasteiger partial charge in [-0.05, 0) is 31.0 Å². The quantitative estimate of drug-likeness (QED) is 0.877. The van der Waals surface area contributed by atoms with Crippen LogP contribution in [0.25, 0.3) is 0 Å². The molecule has 18 heavy (non-hydrogen) atoms. The zero-order valence-corrected chi connectivity index (χ0v) is 11.1. The number of aliphatic hydroxyl groups excluding tert-OH is 1. The Morgan fingerprint density at radius 2 is 2.11 bits per heavy atom. The molecule has 0 atom stereocenters. The van der Waals surface area contributed by atoms with Crippen LogP contribution in [0.4, 0.5) is 5.69 Å². The zero-order valence-electron chi connectivity index (χ0n) is 11.1. The third-order valence-electron chi connectivity index (χ3n) is 3.54. The van der Waals surface area contributed by atoms with Gasteiger partial charge in [-0.1, -0.05) is 12.1 Å². The maximum atomic E-state index is 12.4. The van der Waals surface area contributed by atoms with Gasteiger partial charge in [0.1, 0.15) is 5.41 Å². The maximum absolute atomic E-state index is 12.4. The largest absolute Gasteiger partial charge is 0.395 e. The van der Waals surface area contributed by atoms with Crippen LogP contribution in [0.2, 0.25) is 0 Å². The lowest BCUT2D eigenvalue weighted by molar-refractivity contribution is -0.166. The smallest absolute Gasteiger partial charge is 0.239 e. The molecule has 98 valence electrons. The Kier molecular flexibility index (Phi) is 3.41. The van der Waals surface area contributed by atoms with Gasteiger partial charge in [0.25, 0.3) is 0 Å². The van der Waals surface area contributed by atoms with Crippen LogP contribution < -0.4 is 4.90 Å². The van der Waals surface area contributed by atoms with Crippen LogP contribution in [0, 0.1) is 19.3 Å². The van der Waals surface area contributed by atoms with E-state index >= 15 is 0 Å². The lowest BCUT2D eigenvalue weighted by Gasteiger charge is -2.40. The first kappa shape index (κ1) is 13.1. The molecule has 1 aliphatic rings. The Hall–Kier alpha value is -1.39. The Morgan fingerprint density at radius 1 is 1.44 bits per heavy atom. The van der Waals surface area contributed by atoms with E-state index in [0.29, 0.717) is 13.2 Å². The normalized spacial score (nSPS) is 17.1. The van der Waals surface area contributed by atoms with E-state index in [1.165, 1.54) is 0 Å². The van der Waals surface area contributed by atoms with E-state index in [9.17, 15) is 9.90 Å². The first-order chi connectivity index (χ1) is 8.50. The average Bonchev–Trinajstić information content (AvgIpc) is 2.30. The molecule has 1 amide bonds. The molecule has 1 aromatic carbocycles. The molecule has 4 nitrogen and oxygen atoms in total. The van der Waals surface area contributed by atoms with Crippen molar-refractivity contribution in [3.63, 3.8) is 0 Å². The van der Waals surface area contributed by atoms with Gasteiger partial charge in [0.2, 0.25) is 5.91 Å². The third kappa shape index (κ3) is 2.02. The fourth-order valence-corrected chi connectivity index (χ4v) is 2.18. The van der Waals surface area contributed by atoms with Gasteiger partial charge in [0.15, 0.2) is 0 Å². The van der Waals surface area contributed by atoms with Gasteiger partial charge in [-0.2, -0.15) is 0 Å². The molecule has 1 N–H and O–H groups in total. The predicted molar refractivity (Wildman–Crippen MR) is 69.7 cm³/mol. The van der Waals surface area contributed by atoms with Gasteiger partial charge in [-0.15, -0.1) is 0 Å². The second kappa shape index (κ2) is 4.71. The first-order valence-corrected chi connectivity index (χ1v) is 6.04. The van der Waals surface area contributed by atoms with E-state index in [-0.39, 0.29) is 12.5 Å². The molecule has 0 aromatic heterocycles. The molecule has 0 bridgehead atoms. The van der Waals surface area contributed by atoms with E-state index in [4.69, 9.17) is 4.74 Å². The molecule has 1 heterocycles. The van der Waals surface area contributed by atoms with Crippen molar-refractivity contribution >= 4 is 11.6 Å². The van der Waals surface area contributed by atoms with Crippen LogP contribution in [0.3, 0.4) is 0 Å². The van der Waals surface area contributed by atoms with Crippen LogP contribution in [0.15, 0.2) is 18.2 Å². The standard InChI is InChI=1S/C14H19NO3/c1-10-4-5-11(2)12(6-10)15(3)13(17)14(7-16)8-18-9-14/h4-6,16H,7-9H2,1-3H3. The lowest BCUT2D eigenvalue weighted by atomic mass is 9.85. The molecule has 0 radical (unpaired) electrons. The van der Waals surface area contributed by atoms with E-state index < -0.39 is 5.41 Å². The Morgan fingerprint density at radius 3 is 2.61 bits per heavy atom. The summed E-state index contributed by atoms with van der Waals surface area (Å²) >= 11 is 0. The SMILES string of the molecule is Cc1ccc(C)c(N(C)C(=O)C2(CO)COC2)c1. The van der Waals surface area contributed by atoms with Crippen molar-refractivity contribution in [2.24, 2.45) is 5.41 Å². The van der Waals surface area contributed by atoms with Crippen LogP contribution >= 0.6 is 0 Å². The monoisotopic (exact) mass is 249 g/mol. The van der Waals surface area contributed by atoms with Gasteiger partial charge in [-0.3, -0.25) is 4.79 Å². The van der Waals surface area contributed by atoms with Crippen molar-refractivity contribution in [1.82, 2.24) is 0 Å². The summed E-state index contributed by atoms with van der Waals surface area (Å²) < 4.78 is 5.08. The molecule has 0 unspecified atom stereocenters. The molecule has 4 heteroatoms. The Labute approximate surface area is 107 Å². The Bertz CT molecular complexity index is 461. The number of aryl methyl sites for hydroxylation is 2. The summed E-state index contributed by atoms with van der Waals surface area (Å²) in [7, 11) is 1.75. The average molecular weight is 249 g/mol. The number of anilines is 1. The highest BCUT2D eigenvalue weighted by molar-refractivity contribution is 5.98. The fraction of sp³-hybridized carbons (Fsp3) is 0.500. The minimum Gasteiger partial charge on any atom is -0.395 e. The third-order valence-corrected chi connectivity index (χ3v) is 3.54. The Balaban J connectivity index is 2.28. The minimum atomic E-state index is -0.745. The van der Waals surface area contributed by atoms with E-state index in [0.717, 1.165) is 16.8 Å². The van der Waals surface area contributed by atoms with Crippen molar-refractivity contribution < 1.29 is 14.6 Å². The highest BCUT2D eigenvalue weighted by Gasteiger charge is 2.47. The van der Waals surface area contributed by atoms with Crippen LogP contribution in [0.1, 0.15) is 11.1 Å². The number of aliphatic hydroxyl groups is 1. The fourth-order valence-electron chi connectivity index (χ4n) is 2.18. The highest BCUT2D eigenvalue weighted by atomic mass is 16.5. The number of ether oxygens (including phenoxy) is 1. The number of rotatable bonds is 3. The van der Waals surface area contributed by atoms with Crippen molar-refractivity contribution in [3.8, 4) is 0 Å². The number of carbonyl (C=O) groups is 1. The number of benzene rings is 1. The summed E-state index contributed by atoms with van der Waals surface area (Å²) in [6.07, 6.45) is 0. The second-order valence-electron chi connectivity index (χ2n) is 5.09. The van der Waals surface area contributed by atoms with Gasteiger partial charge < -0.3 is 14.7 Å². The molecule has 1 saturated heterocycles. The van der Waals surface area contributed by atoms with Gasteiger partial charge in [0, 0.05) is 12.7 Å². The number of hydrogen-bond acceptors (Lipinski definition) is 3. The molecule has 1 aliphatic heterocycles. The van der Waals surface area contributed by atoms with Gasteiger partial charge in [-0.25, -0.2) is 0 Å². The first-order valence-electron chi connectivity index (χ1n) is 6.04. The zero-order chi connectivity index (χ0) is 13.3. The van der Waals surface area contributed by atoms with Crippen LogP contribution in [-0.4, -0.2) is 37.9 Å². The predicted octanol–water partition coefficient (Wildman–Crippen LogP) is 1.28. The summed E-state index contributed by atoms with van der Waals surface area (Å²) in [5.41, 5.74) is 2.30. The molecule has 1 aromatic rings. The van der Waals surface area contributed by atoms with Crippen molar-refractivity contribution in [1.29, 1.82) is 0 Å². The van der Waals surface area contributed by atoms with Crippen LogP contribution in [-0.2, 0) is 9.53 Å². The summed E-state index contributed by atoms with van der Waals surface area (Å²) in [4.78, 5) is 14.1. The number of amides is 1. The second-order valence-corrected chi connectivity index (χ2v) is 5.09. The summed E-state index contributed by atoms with van der Waals surface area (Å²) in [6, 6.07) is 6.00. The van der Waals surface area contributed by atoms with E-state index in [2.05, 4.69) is 0 Å². The topological polar surface area (TPSA) is 49.8 Å². The summed E-state index contributed by atoms with van der Waals surface area (Å²) in [5, 5.41) is 9.40. The van der Waals surface area contributed by atoms with Crippen molar-refractivity contribution in [2.45, 2.75) is 13.8 Å². The van der Waals surface area contributed by atoms with Gasteiger partial charge in [0.05, 0.1) is 19.8 Å². The van der Waals surface area contributed by atoms with Gasteiger partial charge >= 0.3 is 0 Å². The highest BCUT2D eigenvalue weighted by Crippen LogP contribution is 2.32. The summed E-state index contributed by atoms with van der Waals surface area (Å²) in [5.74, 6) is -0.0787. The lowest BCUT2D eigenvalue weighted by Crippen LogP contribution is -2.57. The molecule has 0 saturated carbocycles. The summed E-state index contributed by atoms with van der Waals surface area (Å²) in [6.45, 7) is 4.41.